The normalized spacial score (nSPS) is 11.2. The third-order valence-corrected chi connectivity index (χ3v) is 5.91. The van der Waals surface area contributed by atoms with Gasteiger partial charge < -0.3 is 9.88 Å². The topological polar surface area (TPSA) is 72.7 Å². The standard InChI is InChI=1S/C19H22FN5OS2/c1-11(2)9-25-17(14-6-5-7-15(20)8-14)23-24-19(25)27-10-16(26)22-18-21-12(3)13(4)28-18/h5-8,11H,9-10H2,1-4H3,(H,21,22,26). The molecule has 0 bridgehead atoms. The van der Waals surface area contributed by atoms with E-state index in [0.29, 0.717) is 34.1 Å². The highest BCUT2D eigenvalue weighted by atomic mass is 32.2. The van der Waals surface area contributed by atoms with E-state index in [4.69, 9.17) is 0 Å². The predicted molar refractivity (Wildman–Crippen MR) is 111 cm³/mol. The van der Waals surface area contributed by atoms with Crippen molar-refractivity contribution in [2.45, 2.75) is 39.4 Å². The molecule has 2 aromatic heterocycles. The lowest BCUT2D eigenvalue weighted by Gasteiger charge is -2.12. The van der Waals surface area contributed by atoms with Gasteiger partial charge in [0.2, 0.25) is 5.91 Å². The zero-order valence-corrected chi connectivity index (χ0v) is 17.8. The second-order valence-electron chi connectivity index (χ2n) is 6.82. The number of hydrogen-bond acceptors (Lipinski definition) is 6. The van der Waals surface area contributed by atoms with E-state index in [-0.39, 0.29) is 17.5 Å². The number of carbonyl (C=O) groups is 1. The largest absolute Gasteiger partial charge is 0.302 e. The fraction of sp³-hybridized carbons (Fsp3) is 0.368. The Morgan fingerprint density at radius 1 is 1.32 bits per heavy atom. The first-order valence-electron chi connectivity index (χ1n) is 8.89. The van der Waals surface area contributed by atoms with Crippen LogP contribution < -0.4 is 5.32 Å². The molecule has 0 radical (unpaired) electrons. The van der Waals surface area contributed by atoms with Gasteiger partial charge in [0.25, 0.3) is 0 Å². The summed E-state index contributed by atoms with van der Waals surface area (Å²) in [5.41, 5.74) is 1.59. The van der Waals surface area contributed by atoms with Crippen molar-refractivity contribution in [3.8, 4) is 11.4 Å². The Balaban J connectivity index is 1.75. The minimum Gasteiger partial charge on any atom is -0.302 e. The van der Waals surface area contributed by atoms with E-state index in [1.807, 2.05) is 18.4 Å². The Labute approximate surface area is 171 Å². The van der Waals surface area contributed by atoms with Crippen molar-refractivity contribution in [2.75, 3.05) is 11.1 Å². The molecule has 1 amide bonds. The lowest BCUT2D eigenvalue weighted by molar-refractivity contribution is -0.113. The fourth-order valence-electron chi connectivity index (χ4n) is 2.58. The van der Waals surface area contributed by atoms with Gasteiger partial charge in [0.05, 0.1) is 11.4 Å². The molecule has 9 heteroatoms. The van der Waals surface area contributed by atoms with Gasteiger partial charge >= 0.3 is 0 Å². The molecule has 0 spiro atoms. The summed E-state index contributed by atoms with van der Waals surface area (Å²) in [5, 5.41) is 12.5. The molecule has 0 aliphatic rings. The number of halogens is 1. The van der Waals surface area contributed by atoms with E-state index in [1.165, 1.54) is 35.2 Å². The minimum atomic E-state index is -0.320. The Morgan fingerprint density at radius 2 is 2.11 bits per heavy atom. The molecule has 0 aliphatic carbocycles. The van der Waals surface area contributed by atoms with Gasteiger partial charge in [0, 0.05) is 17.0 Å². The van der Waals surface area contributed by atoms with Crippen LogP contribution in [0.2, 0.25) is 0 Å². The van der Waals surface area contributed by atoms with E-state index in [9.17, 15) is 9.18 Å². The monoisotopic (exact) mass is 419 g/mol. The van der Waals surface area contributed by atoms with Crippen LogP contribution in [0.15, 0.2) is 29.4 Å². The second-order valence-corrected chi connectivity index (χ2v) is 8.96. The third-order valence-electron chi connectivity index (χ3n) is 3.95. The number of aromatic nitrogens is 4. The van der Waals surface area contributed by atoms with Crippen LogP contribution in [0, 0.1) is 25.6 Å². The van der Waals surface area contributed by atoms with Crippen LogP contribution in [0.5, 0.6) is 0 Å². The Bertz CT molecular complexity index is 963. The third kappa shape index (κ3) is 4.96. The van der Waals surface area contributed by atoms with Gasteiger partial charge in [-0.15, -0.1) is 21.5 Å². The van der Waals surface area contributed by atoms with Gasteiger partial charge in [0.1, 0.15) is 5.82 Å². The zero-order chi connectivity index (χ0) is 20.3. The number of aryl methyl sites for hydroxylation is 2. The van der Waals surface area contributed by atoms with Crippen LogP contribution in [0.4, 0.5) is 9.52 Å². The van der Waals surface area contributed by atoms with E-state index < -0.39 is 0 Å². The number of nitrogens with zero attached hydrogens (tertiary/aromatic N) is 4. The van der Waals surface area contributed by atoms with Crippen molar-refractivity contribution in [1.29, 1.82) is 0 Å². The van der Waals surface area contributed by atoms with Crippen LogP contribution >= 0.6 is 23.1 Å². The first-order chi connectivity index (χ1) is 13.3. The lowest BCUT2D eigenvalue weighted by Crippen LogP contribution is -2.15. The number of thiazole rings is 1. The fourth-order valence-corrected chi connectivity index (χ4v) is 4.16. The van der Waals surface area contributed by atoms with Gasteiger partial charge in [-0.2, -0.15) is 0 Å². The molecule has 0 saturated carbocycles. The summed E-state index contributed by atoms with van der Waals surface area (Å²) in [6.45, 7) is 8.74. The van der Waals surface area contributed by atoms with Crippen LogP contribution in [-0.2, 0) is 11.3 Å². The number of rotatable bonds is 7. The average Bonchev–Trinajstić information content (AvgIpc) is 3.15. The molecule has 3 aromatic rings. The molecule has 0 fully saturated rings. The molecule has 0 aliphatic heterocycles. The molecule has 1 N–H and O–H groups in total. The summed E-state index contributed by atoms with van der Waals surface area (Å²) in [6.07, 6.45) is 0. The SMILES string of the molecule is Cc1nc(NC(=O)CSc2nnc(-c3cccc(F)c3)n2CC(C)C)sc1C. The molecule has 0 unspecified atom stereocenters. The maximum Gasteiger partial charge on any atom is 0.236 e. The summed E-state index contributed by atoms with van der Waals surface area (Å²) in [7, 11) is 0. The highest BCUT2D eigenvalue weighted by Gasteiger charge is 2.17. The Kier molecular flexibility index (Phi) is 6.46. The van der Waals surface area contributed by atoms with E-state index >= 15 is 0 Å². The van der Waals surface area contributed by atoms with Gasteiger partial charge in [-0.05, 0) is 31.9 Å². The van der Waals surface area contributed by atoms with Crippen LogP contribution in [0.3, 0.4) is 0 Å². The second kappa shape index (κ2) is 8.83. The highest BCUT2D eigenvalue weighted by molar-refractivity contribution is 7.99. The molecule has 3 rings (SSSR count). The Morgan fingerprint density at radius 3 is 2.75 bits per heavy atom. The summed E-state index contributed by atoms with van der Waals surface area (Å²) in [5.74, 6) is 0.668. The highest BCUT2D eigenvalue weighted by Crippen LogP contribution is 2.26. The smallest absolute Gasteiger partial charge is 0.236 e. The number of nitrogens with one attached hydrogen (secondary N) is 1. The van der Waals surface area contributed by atoms with Crippen LogP contribution in [-0.4, -0.2) is 31.4 Å². The van der Waals surface area contributed by atoms with E-state index in [1.54, 1.807) is 12.1 Å². The molecule has 28 heavy (non-hydrogen) atoms. The number of anilines is 1. The zero-order valence-electron chi connectivity index (χ0n) is 16.2. The van der Waals surface area contributed by atoms with Crippen molar-refractivity contribution < 1.29 is 9.18 Å². The van der Waals surface area contributed by atoms with Crippen LogP contribution in [0.1, 0.15) is 24.4 Å². The molecular formula is C19H22FN5OS2. The summed E-state index contributed by atoms with van der Waals surface area (Å²) in [6, 6.07) is 6.29. The molecule has 0 atom stereocenters. The molecule has 0 saturated heterocycles. The van der Waals surface area contributed by atoms with Gasteiger partial charge in [-0.25, -0.2) is 9.37 Å². The molecule has 148 valence electrons. The predicted octanol–water partition coefficient (Wildman–Crippen LogP) is 4.54. The number of amides is 1. The van der Waals surface area contributed by atoms with Gasteiger partial charge in [-0.1, -0.05) is 37.7 Å². The number of hydrogen-bond donors (Lipinski definition) is 1. The number of carbonyl (C=O) groups excluding carboxylic acids is 1. The molecular weight excluding hydrogens is 397 g/mol. The molecule has 2 heterocycles. The van der Waals surface area contributed by atoms with E-state index in [2.05, 4.69) is 34.3 Å². The summed E-state index contributed by atoms with van der Waals surface area (Å²) < 4.78 is 15.6. The van der Waals surface area contributed by atoms with Gasteiger partial charge in [0.15, 0.2) is 16.1 Å². The summed E-state index contributed by atoms with van der Waals surface area (Å²) in [4.78, 5) is 17.7. The first kappa shape index (κ1) is 20.5. The van der Waals surface area contributed by atoms with Crippen molar-refractivity contribution in [3.63, 3.8) is 0 Å². The first-order valence-corrected chi connectivity index (χ1v) is 10.7. The van der Waals surface area contributed by atoms with Gasteiger partial charge in [-0.3, -0.25) is 4.79 Å². The maximum atomic E-state index is 13.6. The molecule has 6 nitrogen and oxygen atoms in total. The van der Waals surface area contributed by atoms with Crippen molar-refractivity contribution >= 4 is 34.1 Å². The lowest BCUT2D eigenvalue weighted by atomic mass is 10.2. The average molecular weight is 420 g/mol. The Hall–Kier alpha value is -2.26. The minimum absolute atomic E-state index is 0.148. The molecule has 1 aromatic carbocycles. The van der Waals surface area contributed by atoms with Crippen LogP contribution in [0.25, 0.3) is 11.4 Å². The summed E-state index contributed by atoms with van der Waals surface area (Å²) >= 11 is 2.77. The number of thioether (sulfide) groups is 1. The quantitative estimate of drug-likeness (QED) is 0.569. The van der Waals surface area contributed by atoms with E-state index in [0.717, 1.165) is 10.6 Å². The van der Waals surface area contributed by atoms with Crippen molar-refractivity contribution in [3.05, 3.63) is 40.7 Å². The van der Waals surface area contributed by atoms with Crippen molar-refractivity contribution in [1.82, 2.24) is 19.7 Å². The maximum absolute atomic E-state index is 13.6. The number of benzene rings is 1. The van der Waals surface area contributed by atoms with Crippen molar-refractivity contribution in [2.24, 2.45) is 5.92 Å².